The maximum absolute atomic E-state index is 9.54. The van der Waals surface area contributed by atoms with E-state index in [1.807, 2.05) is 6.07 Å². The van der Waals surface area contributed by atoms with Crippen molar-refractivity contribution in [1.82, 2.24) is 0 Å². The Kier molecular flexibility index (Phi) is 1.82. The third kappa shape index (κ3) is 1.32. The van der Waals surface area contributed by atoms with Crippen molar-refractivity contribution in [3.63, 3.8) is 0 Å². The van der Waals surface area contributed by atoms with E-state index in [9.17, 15) is 5.11 Å². The van der Waals surface area contributed by atoms with E-state index < -0.39 is 30.4 Å². The number of nitrogens with zero attached hydrogens (tertiary/aromatic N) is 1. The Morgan fingerprint density at radius 3 is 2.62 bits per heavy atom. The van der Waals surface area contributed by atoms with Crippen LogP contribution in [-0.2, 0) is 14.2 Å². The van der Waals surface area contributed by atoms with Gasteiger partial charge in [-0.25, -0.2) is 0 Å². The average Bonchev–Trinajstić information content (AvgIpc) is 2.47. The summed E-state index contributed by atoms with van der Waals surface area (Å²) >= 11 is 0. The van der Waals surface area contributed by atoms with Crippen molar-refractivity contribution in [3.8, 4) is 6.07 Å². The first kappa shape index (κ1) is 8.91. The molecule has 0 aromatic heterocycles. The first-order valence-electron chi connectivity index (χ1n) is 4.12. The van der Waals surface area contributed by atoms with E-state index in [0.29, 0.717) is 0 Å². The maximum atomic E-state index is 9.54. The lowest BCUT2D eigenvalue weighted by atomic mass is 10.1. The van der Waals surface area contributed by atoms with Gasteiger partial charge in [-0.05, 0) is 13.8 Å². The van der Waals surface area contributed by atoms with Crippen molar-refractivity contribution < 1.29 is 19.3 Å². The molecule has 0 radical (unpaired) electrons. The van der Waals surface area contributed by atoms with Gasteiger partial charge in [0, 0.05) is 0 Å². The number of aliphatic hydroxyl groups is 1. The zero-order valence-electron chi connectivity index (χ0n) is 7.43. The molecule has 2 heterocycles. The molecule has 2 aliphatic rings. The Morgan fingerprint density at radius 2 is 2.08 bits per heavy atom. The molecule has 72 valence electrons. The third-order valence-corrected chi connectivity index (χ3v) is 2.14. The smallest absolute Gasteiger partial charge is 0.191 e. The second-order valence-corrected chi connectivity index (χ2v) is 3.64. The zero-order valence-corrected chi connectivity index (χ0v) is 7.43. The molecule has 2 aliphatic heterocycles. The van der Waals surface area contributed by atoms with Crippen LogP contribution in [0.4, 0.5) is 0 Å². The number of nitriles is 1. The van der Waals surface area contributed by atoms with Crippen LogP contribution in [0.25, 0.3) is 0 Å². The van der Waals surface area contributed by atoms with Crippen LogP contribution < -0.4 is 0 Å². The number of rotatable bonds is 0. The third-order valence-electron chi connectivity index (χ3n) is 2.14. The van der Waals surface area contributed by atoms with Gasteiger partial charge in [0.2, 0.25) is 0 Å². The van der Waals surface area contributed by atoms with Crippen LogP contribution >= 0.6 is 0 Å². The van der Waals surface area contributed by atoms with Gasteiger partial charge >= 0.3 is 0 Å². The van der Waals surface area contributed by atoms with Gasteiger partial charge in [0.25, 0.3) is 0 Å². The summed E-state index contributed by atoms with van der Waals surface area (Å²) < 4.78 is 15.8. The summed E-state index contributed by atoms with van der Waals surface area (Å²) in [5.41, 5.74) is 0. The number of aliphatic hydroxyl groups excluding tert-OH is 1. The average molecular weight is 185 g/mol. The molecule has 0 aromatic rings. The fourth-order valence-electron chi connectivity index (χ4n) is 1.60. The van der Waals surface area contributed by atoms with Gasteiger partial charge in [0.05, 0.1) is 6.07 Å². The van der Waals surface area contributed by atoms with Crippen molar-refractivity contribution in [2.45, 2.75) is 44.2 Å². The number of fused-ring (bicyclic) bond motifs is 1. The molecule has 5 nitrogen and oxygen atoms in total. The Hall–Kier alpha value is -0.670. The quantitative estimate of drug-likeness (QED) is 0.563. The van der Waals surface area contributed by atoms with Gasteiger partial charge in [-0.1, -0.05) is 0 Å². The van der Waals surface area contributed by atoms with Gasteiger partial charge in [0.15, 0.2) is 18.2 Å². The molecular formula is C8H11NO4. The molecule has 5 heteroatoms. The summed E-state index contributed by atoms with van der Waals surface area (Å²) in [7, 11) is 0. The molecule has 13 heavy (non-hydrogen) atoms. The SMILES string of the molecule is CC1(C)O[C@H]2O[C@H](C#N)[C@H](O)[C@H]2O1. The van der Waals surface area contributed by atoms with Gasteiger partial charge in [-0.3, -0.25) is 0 Å². The van der Waals surface area contributed by atoms with Crippen LogP contribution in [0.5, 0.6) is 0 Å². The number of hydrogen-bond acceptors (Lipinski definition) is 5. The van der Waals surface area contributed by atoms with E-state index >= 15 is 0 Å². The van der Waals surface area contributed by atoms with Gasteiger partial charge < -0.3 is 19.3 Å². The van der Waals surface area contributed by atoms with Crippen LogP contribution in [0.1, 0.15) is 13.8 Å². The number of ether oxygens (including phenoxy) is 3. The molecule has 0 aliphatic carbocycles. The summed E-state index contributed by atoms with van der Waals surface area (Å²) in [6, 6.07) is 1.84. The van der Waals surface area contributed by atoms with Crippen molar-refractivity contribution >= 4 is 0 Å². The van der Waals surface area contributed by atoms with Crippen molar-refractivity contribution in [1.29, 1.82) is 5.26 Å². The highest BCUT2D eigenvalue weighted by Crippen LogP contribution is 2.36. The summed E-state index contributed by atoms with van der Waals surface area (Å²) in [4.78, 5) is 0. The van der Waals surface area contributed by atoms with Crippen LogP contribution in [0, 0.1) is 11.3 Å². The minimum absolute atomic E-state index is 0.542. The lowest BCUT2D eigenvalue weighted by molar-refractivity contribution is -0.208. The molecule has 0 spiro atoms. The Balaban J connectivity index is 2.12. The summed E-state index contributed by atoms with van der Waals surface area (Å²) in [6.45, 7) is 3.48. The molecular weight excluding hydrogens is 174 g/mol. The maximum Gasteiger partial charge on any atom is 0.191 e. The standard InChI is InChI=1S/C8H11NO4/c1-8(2)12-6-5(10)4(3-9)11-7(6)13-8/h4-7,10H,1-2H3/t4-,5+,6-,7-/m1/s1. The molecule has 2 rings (SSSR count). The van der Waals surface area contributed by atoms with Gasteiger partial charge in [-0.15, -0.1) is 0 Å². The second kappa shape index (κ2) is 2.66. The molecule has 4 atom stereocenters. The second-order valence-electron chi connectivity index (χ2n) is 3.64. The molecule has 0 aromatic carbocycles. The van der Waals surface area contributed by atoms with Crippen LogP contribution in [0.15, 0.2) is 0 Å². The molecule has 1 N–H and O–H groups in total. The minimum atomic E-state index is -0.920. The summed E-state index contributed by atoms with van der Waals surface area (Å²) in [5, 5.41) is 18.1. The molecule has 0 bridgehead atoms. The van der Waals surface area contributed by atoms with Crippen molar-refractivity contribution in [2.24, 2.45) is 0 Å². The van der Waals surface area contributed by atoms with Crippen molar-refractivity contribution in [3.05, 3.63) is 0 Å². The normalized spacial score (nSPS) is 47.2. The monoisotopic (exact) mass is 185 g/mol. The molecule has 0 saturated carbocycles. The largest absolute Gasteiger partial charge is 0.386 e. The predicted octanol–water partition coefficient (Wildman–Crippen LogP) is -0.253. The summed E-state index contributed by atoms with van der Waals surface area (Å²) in [5.74, 6) is -0.739. The van der Waals surface area contributed by atoms with Crippen LogP contribution in [0.3, 0.4) is 0 Å². The number of hydrogen-bond donors (Lipinski definition) is 1. The highest BCUT2D eigenvalue weighted by molar-refractivity contribution is 5.02. The van der Waals surface area contributed by atoms with Crippen LogP contribution in [0.2, 0.25) is 0 Å². The molecule has 0 unspecified atom stereocenters. The highest BCUT2D eigenvalue weighted by Gasteiger charge is 2.54. The Labute approximate surface area is 75.8 Å². The van der Waals surface area contributed by atoms with Gasteiger partial charge in [-0.2, -0.15) is 5.26 Å². The lowest BCUT2D eigenvalue weighted by Crippen LogP contribution is -2.33. The van der Waals surface area contributed by atoms with E-state index in [1.54, 1.807) is 13.8 Å². The predicted molar refractivity (Wildman–Crippen MR) is 40.3 cm³/mol. The van der Waals surface area contributed by atoms with Crippen molar-refractivity contribution in [2.75, 3.05) is 0 Å². The van der Waals surface area contributed by atoms with E-state index in [0.717, 1.165) is 0 Å². The van der Waals surface area contributed by atoms with Gasteiger partial charge in [0.1, 0.15) is 12.2 Å². The first-order valence-corrected chi connectivity index (χ1v) is 4.12. The molecule has 0 amide bonds. The van der Waals surface area contributed by atoms with E-state index in [-0.39, 0.29) is 0 Å². The summed E-state index contributed by atoms with van der Waals surface area (Å²) in [6.07, 6.45) is -2.92. The lowest BCUT2D eigenvalue weighted by Gasteiger charge is -2.20. The molecule has 2 saturated heterocycles. The Bertz CT molecular complexity index is 259. The fraction of sp³-hybridized carbons (Fsp3) is 0.875. The topological polar surface area (TPSA) is 71.7 Å². The molecule has 2 fully saturated rings. The van der Waals surface area contributed by atoms with E-state index in [1.165, 1.54) is 0 Å². The van der Waals surface area contributed by atoms with E-state index in [4.69, 9.17) is 19.5 Å². The highest BCUT2D eigenvalue weighted by atomic mass is 16.8. The minimum Gasteiger partial charge on any atom is -0.386 e. The Morgan fingerprint density at radius 1 is 1.38 bits per heavy atom. The zero-order chi connectivity index (χ0) is 9.64. The first-order chi connectivity index (χ1) is 6.03. The van der Waals surface area contributed by atoms with E-state index in [2.05, 4.69) is 0 Å². The fourth-order valence-corrected chi connectivity index (χ4v) is 1.60. The van der Waals surface area contributed by atoms with Crippen LogP contribution in [-0.4, -0.2) is 35.5 Å².